The molecule has 0 aliphatic heterocycles. The second-order valence-electron chi connectivity index (χ2n) is 10.5. The first-order chi connectivity index (χ1) is 23.4. The van der Waals surface area contributed by atoms with Gasteiger partial charge in [0.05, 0.1) is 0 Å². The van der Waals surface area contributed by atoms with E-state index in [0.717, 1.165) is 24.3 Å². The molecule has 0 unspecified atom stereocenters. The Labute approximate surface area is 286 Å². The van der Waals surface area contributed by atoms with Crippen LogP contribution in [-0.2, 0) is 29.8 Å². The van der Waals surface area contributed by atoms with Gasteiger partial charge < -0.3 is 9.80 Å². The van der Waals surface area contributed by atoms with Crippen molar-refractivity contribution in [2.75, 3.05) is 48.6 Å². The van der Waals surface area contributed by atoms with Crippen molar-refractivity contribution in [1.29, 1.82) is 0 Å². The summed E-state index contributed by atoms with van der Waals surface area (Å²) in [5.41, 5.74) is 0.102. The van der Waals surface area contributed by atoms with Gasteiger partial charge in [-0.3, -0.25) is 29.3 Å². The topological polar surface area (TPSA) is 251 Å². The molecule has 0 fully saturated rings. The monoisotopic (exact) mass is 722 g/mol. The first-order valence-electron chi connectivity index (χ1n) is 14.0. The molecule has 50 heavy (non-hydrogen) atoms. The Kier molecular flexibility index (Phi) is 10.8. The van der Waals surface area contributed by atoms with Crippen LogP contribution in [0.1, 0.15) is 11.1 Å². The normalized spacial score (nSPS) is 11.6. The average Bonchev–Trinajstić information content (AvgIpc) is 3.05. The Morgan fingerprint density at radius 3 is 1.30 bits per heavy atom. The predicted octanol–water partition coefficient (Wildman–Crippen LogP) is 2.44. The van der Waals surface area contributed by atoms with Crippen LogP contribution in [0, 0.1) is 0 Å². The molecule has 4 rings (SSSR count). The number of benzene rings is 2. The highest BCUT2D eigenvalue weighted by Crippen LogP contribution is 2.29. The quantitative estimate of drug-likeness (QED) is 0.0931. The molecule has 0 aliphatic carbocycles. The van der Waals surface area contributed by atoms with Gasteiger partial charge in [-0.15, -0.1) is 0 Å². The molecule has 18 nitrogen and oxygen atoms in total. The van der Waals surface area contributed by atoms with Gasteiger partial charge in [0.2, 0.25) is 35.6 Å². The highest BCUT2D eigenvalue weighted by molar-refractivity contribution is 7.86. The van der Waals surface area contributed by atoms with E-state index >= 15 is 0 Å². The minimum Gasteiger partial charge on any atom is -0.347 e. The first-order valence-corrected chi connectivity index (χ1v) is 16.9. The van der Waals surface area contributed by atoms with E-state index in [1.165, 1.54) is 46.2 Å². The van der Waals surface area contributed by atoms with Crippen molar-refractivity contribution >= 4 is 68.0 Å². The average molecular weight is 723 g/mol. The summed E-state index contributed by atoms with van der Waals surface area (Å²) in [5, 5.41) is 4.83. The van der Waals surface area contributed by atoms with Gasteiger partial charge in [0.15, 0.2) is 11.6 Å². The van der Waals surface area contributed by atoms with Gasteiger partial charge in [-0.1, -0.05) is 49.6 Å². The summed E-state index contributed by atoms with van der Waals surface area (Å²) >= 11 is 0. The van der Waals surface area contributed by atoms with Crippen LogP contribution in [0.25, 0.3) is 34.9 Å². The summed E-state index contributed by atoms with van der Waals surface area (Å²) in [5.74, 6) is -1.33. The van der Waals surface area contributed by atoms with Crippen LogP contribution in [0.3, 0.4) is 0 Å². The SMILES string of the molecule is C=CC(=O)Nc1nc(-c2ccc(/C=C/c3ccc(-c4nc(NC(=O)C=C)nc(N(C)C)n4)cc3S(=O)(=O)O)c(S(=O)(=O)O)c2)nc(N(C)C)n1. The van der Waals surface area contributed by atoms with Crippen molar-refractivity contribution < 1.29 is 35.5 Å². The van der Waals surface area contributed by atoms with Crippen molar-refractivity contribution in [3.63, 3.8) is 0 Å². The van der Waals surface area contributed by atoms with Crippen molar-refractivity contribution in [3.8, 4) is 22.8 Å². The molecule has 260 valence electrons. The molecule has 0 radical (unpaired) electrons. The molecule has 0 atom stereocenters. The van der Waals surface area contributed by atoms with Gasteiger partial charge in [0.25, 0.3) is 20.2 Å². The fourth-order valence-electron chi connectivity index (χ4n) is 4.07. The maximum absolute atomic E-state index is 12.5. The minimum atomic E-state index is -4.88. The number of anilines is 4. The Morgan fingerprint density at radius 2 is 1.00 bits per heavy atom. The lowest BCUT2D eigenvalue weighted by Gasteiger charge is -2.14. The number of nitrogens with zero attached hydrogens (tertiary/aromatic N) is 8. The van der Waals surface area contributed by atoms with E-state index in [2.05, 4.69) is 53.7 Å². The first kappa shape index (κ1) is 36.9. The molecule has 2 aromatic carbocycles. The molecule has 2 amide bonds. The van der Waals surface area contributed by atoms with E-state index in [4.69, 9.17) is 0 Å². The Morgan fingerprint density at radius 1 is 0.640 bits per heavy atom. The number of hydrogen-bond donors (Lipinski definition) is 4. The fraction of sp³-hybridized carbons (Fsp3) is 0.133. The Hall–Kier alpha value is -5.96. The van der Waals surface area contributed by atoms with Gasteiger partial charge in [-0.05, 0) is 35.4 Å². The fourth-order valence-corrected chi connectivity index (χ4v) is 5.49. The van der Waals surface area contributed by atoms with Gasteiger partial charge in [0.1, 0.15) is 9.79 Å². The lowest BCUT2D eigenvalue weighted by atomic mass is 10.1. The highest BCUT2D eigenvalue weighted by atomic mass is 32.2. The molecular formula is C30H30N10O8S2. The van der Waals surface area contributed by atoms with Crippen molar-refractivity contribution in [2.45, 2.75) is 9.79 Å². The number of hydrogen-bond acceptors (Lipinski definition) is 14. The number of amides is 2. The third-order valence-electron chi connectivity index (χ3n) is 6.43. The van der Waals surface area contributed by atoms with E-state index in [-0.39, 0.29) is 57.7 Å². The van der Waals surface area contributed by atoms with E-state index in [0.29, 0.717) is 0 Å². The molecule has 0 bridgehead atoms. The summed E-state index contributed by atoms with van der Waals surface area (Å²) < 4.78 is 70.2. The summed E-state index contributed by atoms with van der Waals surface area (Å²) in [7, 11) is -3.23. The Balaban J connectivity index is 1.80. The van der Waals surface area contributed by atoms with Crippen molar-refractivity contribution in [2.24, 2.45) is 0 Å². The lowest BCUT2D eigenvalue weighted by Crippen LogP contribution is -2.17. The van der Waals surface area contributed by atoms with Crippen LogP contribution in [0.2, 0.25) is 0 Å². The number of carbonyl (C=O) groups is 2. The molecule has 4 N–H and O–H groups in total. The Bertz CT molecular complexity index is 2120. The molecule has 2 aromatic heterocycles. The van der Waals surface area contributed by atoms with Crippen molar-refractivity contribution in [1.82, 2.24) is 29.9 Å². The summed E-state index contributed by atoms with van der Waals surface area (Å²) in [4.78, 5) is 50.8. The molecule has 20 heteroatoms. The van der Waals surface area contributed by atoms with Crippen LogP contribution < -0.4 is 20.4 Å². The van der Waals surface area contributed by atoms with Crippen LogP contribution in [0.15, 0.2) is 71.5 Å². The third-order valence-corrected chi connectivity index (χ3v) is 8.25. The minimum absolute atomic E-state index is 0.0456. The molecule has 0 spiro atoms. The highest BCUT2D eigenvalue weighted by Gasteiger charge is 2.21. The van der Waals surface area contributed by atoms with Crippen LogP contribution in [0.5, 0.6) is 0 Å². The molecule has 2 heterocycles. The van der Waals surface area contributed by atoms with Gasteiger partial charge in [0, 0.05) is 39.3 Å². The van der Waals surface area contributed by atoms with E-state index < -0.39 is 41.8 Å². The molecular weight excluding hydrogens is 693 g/mol. The number of rotatable bonds is 12. The molecule has 4 aromatic rings. The summed E-state index contributed by atoms with van der Waals surface area (Å²) in [6.45, 7) is 6.75. The second-order valence-corrected chi connectivity index (χ2v) is 13.3. The zero-order valence-corrected chi connectivity index (χ0v) is 28.6. The predicted molar refractivity (Wildman–Crippen MR) is 185 cm³/mol. The van der Waals surface area contributed by atoms with Crippen LogP contribution >= 0.6 is 0 Å². The zero-order chi connectivity index (χ0) is 37.0. The van der Waals surface area contributed by atoms with Crippen LogP contribution in [-0.4, -0.2) is 95.9 Å². The maximum Gasteiger partial charge on any atom is 0.295 e. The van der Waals surface area contributed by atoms with Crippen molar-refractivity contribution in [3.05, 3.63) is 72.8 Å². The number of aromatic nitrogens is 6. The maximum atomic E-state index is 12.5. The van der Waals surface area contributed by atoms with Crippen LogP contribution in [0.4, 0.5) is 23.8 Å². The molecule has 0 saturated carbocycles. The third kappa shape index (κ3) is 8.93. The summed E-state index contributed by atoms with van der Waals surface area (Å²) in [6, 6.07) is 7.65. The van der Waals surface area contributed by atoms with Gasteiger partial charge in [-0.2, -0.15) is 46.7 Å². The standard InChI is InChI=1S/C30H30N10O8S2/c1-7-23(41)31-27-33-25(35-29(37-27)39(3)4)19-13-11-17(21(15-19)49(43,44)45)9-10-18-12-14-20(16-22(18)50(46,47)48)26-34-28(32-24(42)8-2)38-30(36-26)40(5)6/h7-16H,1-2H2,3-6H3,(H,43,44,45)(H,46,47,48)(H,31,33,35,37,41)(H,32,34,36,38,42)/b10-9+. The lowest BCUT2D eigenvalue weighted by molar-refractivity contribution is -0.112. The van der Waals surface area contributed by atoms with Gasteiger partial charge in [-0.25, -0.2) is 0 Å². The number of nitrogens with one attached hydrogen (secondary N) is 2. The second kappa shape index (κ2) is 14.7. The van der Waals surface area contributed by atoms with E-state index in [9.17, 15) is 35.5 Å². The van der Waals surface area contributed by atoms with Gasteiger partial charge >= 0.3 is 0 Å². The largest absolute Gasteiger partial charge is 0.347 e. The summed E-state index contributed by atoms with van der Waals surface area (Å²) in [6.07, 6.45) is 4.43. The molecule has 0 aliphatic rings. The smallest absolute Gasteiger partial charge is 0.295 e. The van der Waals surface area contributed by atoms with E-state index in [1.54, 1.807) is 28.2 Å². The molecule has 0 saturated heterocycles. The zero-order valence-electron chi connectivity index (χ0n) is 26.9. The van der Waals surface area contributed by atoms with E-state index in [1.807, 2.05) is 0 Å². The number of carbonyl (C=O) groups excluding carboxylic acids is 2.